The lowest BCUT2D eigenvalue weighted by Gasteiger charge is -2.39. The van der Waals surface area contributed by atoms with Crippen molar-refractivity contribution in [3.63, 3.8) is 0 Å². The Morgan fingerprint density at radius 2 is 2.10 bits per heavy atom. The summed E-state index contributed by atoms with van der Waals surface area (Å²) in [6.07, 6.45) is 0.775. The van der Waals surface area contributed by atoms with E-state index >= 15 is 0 Å². The number of nitrogens with one attached hydrogen (secondary N) is 3. The number of carbonyl (C=O) groups is 1. The molecule has 0 aliphatic carbocycles. The van der Waals surface area contributed by atoms with Gasteiger partial charge in [-0.05, 0) is 38.6 Å². The molecule has 0 saturated carbocycles. The van der Waals surface area contributed by atoms with E-state index in [0.29, 0.717) is 0 Å². The zero-order chi connectivity index (χ0) is 15.4. The predicted octanol–water partition coefficient (Wildman–Crippen LogP) is 0.734. The quantitative estimate of drug-likeness (QED) is 0.696. The fourth-order valence-electron chi connectivity index (χ4n) is 2.20. The Morgan fingerprint density at radius 1 is 1.45 bits per heavy atom. The molecule has 0 aromatic heterocycles. The third-order valence-corrected chi connectivity index (χ3v) is 4.35. The van der Waals surface area contributed by atoms with Crippen molar-refractivity contribution < 1.29 is 17.9 Å². The summed E-state index contributed by atoms with van der Waals surface area (Å²) in [5.74, 6) is 0. The maximum atomic E-state index is 11.7. The minimum absolute atomic E-state index is 0.0131. The standard InChI is InChI=1S/C12H25N3O4S/c1-9(2)19-11(16)15-20(17,18)14-8-10-12(3,4)6-5-7-13-10/h9-10,13-14H,5-8H2,1-4H3,(H,15,16). The van der Waals surface area contributed by atoms with E-state index in [1.54, 1.807) is 13.8 Å². The summed E-state index contributed by atoms with van der Waals surface area (Å²) in [7, 11) is -3.89. The van der Waals surface area contributed by atoms with E-state index in [-0.39, 0.29) is 24.1 Å². The first-order valence-electron chi connectivity index (χ1n) is 6.84. The highest BCUT2D eigenvalue weighted by atomic mass is 32.2. The number of hydrogen-bond donors (Lipinski definition) is 3. The van der Waals surface area contributed by atoms with Gasteiger partial charge in [-0.15, -0.1) is 0 Å². The SMILES string of the molecule is CC(C)OC(=O)NS(=O)(=O)NCC1NCCCC1(C)C. The number of ether oxygens (including phenoxy) is 1. The van der Waals surface area contributed by atoms with Crippen molar-refractivity contribution in [2.45, 2.75) is 52.7 Å². The number of amides is 1. The molecule has 0 spiro atoms. The number of hydrogen-bond acceptors (Lipinski definition) is 5. The highest BCUT2D eigenvalue weighted by Gasteiger charge is 2.32. The Bertz CT molecular complexity index is 434. The molecule has 118 valence electrons. The topological polar surface area (TPSA) is 96.5 Å². The van der Waals surface area contributed by atoms with Crippen molar-refractivity contribution in [1.82, 2.24) is 14.8 Å². The number of carbonyl (C=O) groups excluding carboxylic acids is 1. The summed E-state index contributed by atoms with van der Waals surface area (Å²) in [5, 5.41) is 3.30. The zero-order valence-corrected chi connectivity index (χ0v) is 13.3. The van der Waals surface area contributed by atoms with Gasteiger partial charge in [-0.1, -0.05) is 13.8 Å². The van der Waals surface area contributed by atoms with Crippen LogP contribution in [0.2, 0.25) is 0 Å². The van der Waals surface area contributed by atoms with Crippen LogP contribution in [0.4, 0.5) is 4.79 Å². The molecule has 1 unspecified atom stereocenters. The Balaban J connectivity index is 2.48. The van der Waals surface area contributed by atoms with Gasteiger partial charge in [0.05, 0.1) is 6.10 Å². The van der Waals surface area contributed by atoms with Gasteiger partial charge in [0.15, 0.2) is 0 Å². The molecule has 1 fully saturated rings. The van der Waals surface area contributed by atoms with Gasteiger partial charge in [0.1, 0.15) is 0 Å². The van der Waals surface area contributed by atoms with E-state index in [1.165, 1.54) is 0 Å². The Hall–Kier alpha value is -0.860. The summed E-state index contributed by atoms with van der Waals surface area (Å²) >= 11 is 0. The Kier molecular flexibility index (Phi) is 5.79. The molecule has 1 aliphatic rings. The molecule has 1 saturated heterocycles. The maximum absolute atomic E-state index is 11.7. The lowest BCUT2D eigenvalue weighted by atomic mass is 9.78. The van der Waals surface area contributed by atoms with Crippen molar-refractivity contribution >= 4 is 16.3 Å². The fraction of sp³-hybridized carbons (Fsp3) is 0.917. The summed E-state index contributed by atoms with van der Waals surface area (Å²) in [5.41, 5.74) is 0.0131. The largest absolute Gasteiger partial charge is 0.446 e. The molecular formula is C12H25N3O4S. The van der Waals surface area contributed by atoms with E-state index in [2.05, 4.69) is 23.9 Å². The molecule has 7 nitrogen and oxygen atoms in total. The molecule has 20 heavy (non-hydrogen) atoms. The van der Waals surface area contributed by atoms with Crippen LogP contribution in [-0.2, 0) is 14.9 Å². The van der Waals surface area contributed by atoms with Crippen LogP contribution >= 0.6 is 0 Å². The van der Waals surface area contributed by atoms with Crippen LogP contribution in [0.15, 0.2) is 0 Å². The first-order valence-corrected chi connectivity index (χ1v) is 8.32. The van der Waals surface area contributed by atoms with Gasteiger partial charge in [0.25, 0.3) is 0 Å². The molecule has 8 heteroatoms. The fourth-order valence-corrected chi connectivity index (χ4v) is 2.92. The second-order valence-corrected chi connectivity index (χ2v) is 7.51. The Morgan fingerprint density at radius 3 is 2.65 bits per heavy atom. The van der Waals surface area contributed by atoms with Crippen LogP contribution in [0.5, 0.6) is 0 Å². The molecule has 0 aromatic rings. The van der Waals surface area contributed by atoms with Crippen LogP contribution in [0.3, 0.4) is 0 Å². The molecular weight excluding hydrogens is 282 g/mol. The van der Waals surface area contributed by atoms with Crippen molar-refractivity contribution in [3.05, 3.63) is 0 Å². The normalized spacial score (nSPS) is 22.6. The number of rotatable bonds is 5. The first-order chi connectivity index (χ1) is 9.12. The zero-order valence-electron chi connectivity index (χ0n) is 12.5. The van der Waals surface area contributed by atoms with Gasteiger partial charge >= 0.3 is 16.3 Å². The van der Waals surface area contributed by atoms with E-state index < -0.39 is 16.3 Å². The molecule has 1 amide bonds. The summed E-state index contributed by atoms with van der Waals surface area (Å²) < 4.78 is 32.4. The molecule has 0 aromatic carbocycles. The van der Waals surface area contributed by atoms with Crippen molar-refractivity contribution in [1.29, 1.82) is 0 Å². The molecule has 1 rings (SSSR count). The van der Waals surface area contributed by atoms with Gasteiger partial charge in [-0.2, -0.15) is 13.1 Å². The third-order valence-electron chi connectivity index (χ3n) is 3.37. The van der Waals surface area contributed by atoms with Crippen molar-refractivity contribution in [3.8, 4) is 0 Å². The summed E-state index contributed by atoms with van der Waals surface area (Å²) in [6.45, 7) is 8.59. The van der Waals surface area contributed by atoms with Crippen LogP contribution < -0.4 is 14.8 Å². The summed E-state index contributed by atoms with van der Waals surface area (Å²) in [6, 6.07) is 0.0361. The lowest BCUT2D eigenvalue weighted by molar-refractivity contribution is 0.121. The highest BCUT2D eigenvalue weighted by molar-refractivity contribution is 7.88. The minimum atomic E-state index is -3.89. The summed E-state index contributed by atoms with van der Waals surface area (Å²) in [4.78, 5) is 11.3. The molecule has 3 N–H and O–H groups in total. The predicted molar refractivity (Wildman–Crippen MR) is 76.5 cm³/mol. The molecule has 1 atom stereocenters. The number of piperidine rings is 1. The van der Waals surface area contributed by atoms with Crippen LogP contribution in [0.25, 0.3) is 0 Å². The van der Waals surface area contributed by atoms with E-state index in [0.717, 1.165) is 19.4 Å². The minimum Gasteiger partial charge on any atom is -0.446 e. The third kappa shape index (κ3) is 5.64. The highest BCUT2D eigenvalue weighted by Crippen LogP contribution is 2.29. The van der Waals surface area contributed by atoms with E-state index in [9.17, 15) is 13.2 Å². The van der Waals surface area contributed by atoms with Crippen LogP contribution in [-0.4, -0.2) is 39.7 Å². The van der Waals surface area contributed by atoms with E-state index in [1.807, 2.05) is 4.72 Å². The second-order valence-electron chi connectivity index (χ2n) is 6.01. The average Bonchev–Trinajstić information content (AvgIpc) is 2.24. The van der Waals surface area contributed by atoms with Gasteiger partial charge in [-0.3, -0.25) is 0 Å². The van der Waals surface area contributed by atoms with Crippen LogP contribution in [0, 0.1) is 5.41 Å². The lowest BCUT2D eigenvalue weighted by Crippen LogP contribution is -2.54. The van der Waals surface area contributed by atoms with Crippen LogP contribution in [0.1, 0.15) is 40.5 Å². The molecule has 0 radical (unpaired) electrons. The van der Waals surface area contributed by atoms with Gasteiger partial charge in [0.2, 0.25) is 0 Å². The first kappa shape index (κ1) is 17.2. The molecule has 1 heterocycles. The van der Waals surface area contributed by atoms with Crippen molar-refractivity contribution in [2.24, 2.45) is 5.41 Å². The molecule has 0 bridgehead atoms. The van der Waals surface area contributed by atoms with Gasteiger partial charge < -0.3 is 10.1 Å². The smallest absolute Gasteiger partial charge is 0.422 e. The maximum Gasteiger partial charge on any atom is 0.422 e. The van der Waals surface area contributed by atoms with Gasteiger partial charge in [0, 0.05) is 12.6 Å². The molecule has 1 aliphatic heterocycles. The second kappa shape index (κ2) is 6.73. The monoisotopic (exact) mass is 307 g/mol. The van der Waals surface area contributed by atoms with Gasteiger partial charge in [-0.25, -0.2) is 9.52 Å². The van der Waals surface area contributed by atoms with Crippen molar-refractivity contribution in [2.75, 3.05) is 13.1 Å². The Labute approximate surface area is 121 Å². The average molecular weight is 307 g/mol. The van der Waals surface area contributed by atoms with E-state index in [4.69, 9.17) is 4.74 Å².